The van der Waals surface area contributed by atoms with Gasteiger partial charge in [0.1, 0.15) is 5.82 Å². The second kappa shape index (κ2) is 6.59. The maximum absolute atomic E-state index is 12.4. The molecule has 0 saturated heterocycles. The molecule has 1 amide bonds. The Labute approximate surface area is 143 Å². The van der Waals surface area contributed by atoms with Crippen molar-refractivity contribution in [1.29, 1.82) is 0 Å². The molecule has 1 heterocycles. The van der Waals surface area contributed by atoms with Gasteiger partial charge in [0.25, 0.3) is 0 Å². The molecule has 0 radical (unpaired) electrons. The summed E-state index contributed by atoms with van der Waals surface area (Å²) in [4.78, 5) is 12.4. The molecule has 23 heavy (non-hydrogen) atoms. The quantitative estimate of drug-likeness (QED) is 0.618. The fourth-order valence-electron chi connectivity index (χ4n) is 3.24. The normalized spacial score (nSPS) is 22.0. The van der Waals surface area contributed by atoms with E-state index in [0.717, 1.165) is 5.82 Å². The molecule has 1 aliphatic carbocycles. The molecule has 0 bridgehead atoms. The number of carbonyl (C=O) groups excluding carboxylic acids is 1. The van der Waals surface area contributed by atoms with Crippen LogP contribution in [0.4, 0.5) is 0 Å². The van der Waals surface area contributed by atoms with Gasteiger partial charge in [0.2, 0.25) is 5.91 Å². The van der Waals surface area contributed by atoms with E-state index in [1.54, 1.807) is 0 Å². The number of nitrogens with one attached hydrogen (secondary N) is 2. The third-order valence-corrected chi connectivity index (χ3v) is 4.96. The van der Waals surface area contributed by atoms with Gasteiger partial charge in [0.15, 0.2) is 4.77 Å². The number of allylic oxidation sites excluding steroid dienone is 2. The van der Waals surface area contributed by atoms with Crippen LogP contribution < -0.4 is 5.32 Å². The highest BCUT2D eigenvalue weighted by molar-refractivity contribution is 7.71. The smallest absolute Gasteiger partial charge is 0.224 e. The first-order valence-corrected chi connectivity index (χ1v) is 8.65. The zero-order valence-electron chi connectivity index (χ0n) is 14.9. The van der Waals surface area contributed by atoms with Crippen LogP contribution in [0.2, 0.25) is 0 Å². The average Bonchev–Trinajstić information content (AvgIpc) is 2.76. The Kier molecular flexibility index (Phi) is 5.14. The summed E-state index contributed by atoms with van der Waals surface area (Å²) in [6.45, 7) is 13.9. The molecule has 1 aromatic rings. The molecule has 1 aliphatic rings. The molecule has 0 spiro atoms. The van der Waals surface area contributed by atoms with Crippen LogP contribution in [-0.4, -0.2) is 27.2 Å². The maximum atomic E-state index is 12.4. The van der Waals surface area contributed by atoms with Crippen LogP contribution in [0.25, 0.3) is 0 Å². The Hall–Kier alpha value is -1.43. The molecular formula is C17H28N4OS. The molecule has 5 nitrogen and oxygen atoms in total. The summed E-state index contributed by atoms with van der Waals surface area (Å²) in [7, 11) is 0. The monoisotopic (exact) mass is 336 g/mol. The Bertz CT molecular complexity index is 664. The van der Waals surface area contributed by atoms with E-state index in [2.05, 4.69) is 63.1 Å². The van der Waals surface area contributed by atoms with Crippen LogP contribution in [0.15, 0.2) is 11.6 Å². The lowest BCUT2D eigenvalue weighted by Gasteiger charge is -2.10. The fourth-order valence-corrected chi connectivity index (χ4v) is 3.47. The third-order valence-electron chi connectivity index (χ3n) is 4.64. The molecule has 1 saturated carbocycles. The summed E-state index contributed by atoms with van der Waals surface area (Å²) in [5.74, 6) is 1.77. The second-order valence-electron chi connectivity index (χ2n) is 7.55. The lowest BCUT2D eigenvalue weighted by atomic mass is 10.1. The number of aromatic amines is 1. The van der Waals surface area contributed by atoms with Crippen molar-refractivity contribution in [3.63, 3.8) is 0 Å². The summed E-state index contributed by atoms with van der Waals surface area (Å²) in [6.07, 6.45) is 2.22. The SMILES string of the molecule is CC(C)=C[C@H]1[C@@H](C(=O)NCCn2c(C(C)C)n[nH]c2=S)C1(C)C. The second-order valence-corrected chi connectivity index (χ2v) is 7.94. The minimum atomic E-state index is 0.0520. The van der Waals surface area contributed by atoms with Crippen molar-refractivity contribution in [2.45, 2.75) is 54.0 Å². The predicted octanol–water partition coefficient (Wildman–Crippen LogP) is 3.42. The molecule has 0 aliphatic heterocycles. The van der Waals surface area contributed by atoms with Gasteiger partial charge < -0.3 is 9.88 Å². The van der Waals surface area contributed by atoms with Gasteiger partial charge in [0, 0.05) is 19.0 Å². The molecule has 1 fully saturated rings. The first-order valence-electron chi connectivity index (χ1n) is 8.24. The van der Waals surface area contributed by atoms with E-state index >= 15 is 0 Å². The van der Waals surface area contributed by atoms with Crippen LogP contribution in [0.5, 0.6) is 0 Å². The maximum Gasteiger partial charge on any atom is 0.224 e. The number of hydrogen-bond acceptors (Lipinski definition) is 3. The average molecular weight is 337 g/mol. The van der Waals surface area contributed by atoms with Crippen LogP contribution in [0, 0.1) is 22.0 Å². The van der Waals surface area contributed by atoms with Crippen LogP contribution in [0.1, 0.15) is 53.3 Å². The molecule has 6 heteroatoms. The third kappa shape index (κ3) is 3.74. The standard InChI is InChI=1S/C17H28N4OS/c1-10(2)9-12-13(17(12,5)6)15(22)18-7-8-21-14(11(3)4)19-20-16(21)23/h9,11-13H,7-8H2,1-6H3,(H,18,22)(H,20,23)/t12-,13-/m0/s1. The first-order chi connectivity index (χ1) is 10.7. The first kappa shape index (κ1) is 17.9. The molecule has 0 unspecified atom stereocenters. The lowest BCUT2D eigenvalue weighted by Crippen LogP contribution is -2.30. The minimum Gasteiger partial charge on any atom is -0.354 e. The Morgan fingerprint density at radius 1 is 1.48 bits per heavy atom. The van der Waals surface area contributed by atoms with Gasteiger partial charge in [-0.25, -0.2) is 0 Å². The van der Waals surface area contributed by atoms with Gasteiger partial charge in [-0.1, -0.05) is 39.3 Å². The summed E-state index contributed by atoms with van der Waals surface area (Å²) in [6, 6.07) is 0. The van der Waals surface area contributed by atoms with Crippen molar-refractivity contribution in [3.05, 3.63) is 22.2 Å². The van der Waals surface area contributed by atoms with Crippen molar-refractivity contribution >= 4 is 18.1 Å². The van der Waals surface area contributed by atoms with Gasteiger partial charge >= 0.3 is 0 Å². The van der Waals surface area contributed by atoms with Crippen LogP contribution in [-0.2, 0) is 11.3 Å². The zero-order valence-corrected chi connectivity index (χ0v) is 15.8. The number of amides is 1. The molecular weight excluding hydrogens is 308 g/mol. The van der Waals surface area contributed by atoms with Crippen LogP contribution in [0.3, 0.4) is 0 Å². The van der Waals surface area contributed by atoms with E-state index in [9.17, 15) is 4.79 Å². The van der Waals surface area contributed by atoms with Crippen molar-refractivity contribution in [1.82, 2.24) is 20.1 Å². The number of aromatic nitrogens is 3. The van der Waals surface area contributed by atoms with E-state index in [1.165, 1.54) is 5.57 Å². The Balaban J connectivity index is 1.93. The molecule has 128 valence electrons. The molecule has 2 rings (SSSR count). The lowest BCUT2D eigenvalue weighted by molar-refractivity contribution is -0.123. The number of H-pyrrole nitrogens is 1. The van der Waals surface area contributed by atoms with E-state index in [-0.39, 0.29) is 17.2 Å². The van der Waals surface area contributed by atoms with Crippen LogP contribution >= 0.6 is 12.2 Å². The predicted molar refractivity (Wildman–Crippen MR) is 94.7 cm³/mol. The van der Waals surface area contributed by atoms with E-state index in [1.807, 2.05) is 4.57 Å². The summed E-state index contributed by atoms with van der Waals surface area (Å²) in [5.41, 5.74) is 1.32. The van der Waals surface area contributed by atoms with Crippen molar-refractivity contribution in [3.8, 4) is 0 Å². The van der Waals surface area contributed by atoms with Gasteiger partial charge in [-0.2, -0.15) is 5.10 Å². The van der Waals surface area contributed by atoms with Gasteiger partial charge in [-0.15, -0.1) is 0 Å². The summed E-state index contributed by atoms with van der Waals surface area (Å²) >= 11 is 5.26. The highest BCUT2D eigenvalue weighted by Gasteiger charge is 2.60. The van der Waals surface area contributed by atoms with E-state index in [0.29, 0.717) is 29.7 Å². The number of carbonyl (C=O) groups is 1. The minimum absolute atomic E-state index is 0.0520. The largest absolute Gasteiger partial charge is 0.354 e. The molecule has 1 aromatic heterocycles. The van der Waals surface area contributed by atoms with Crippen molar-refractivity contribution in [2.24, 2.45) is 17.3 Å². The zero-order chi connectivity index (χ0) is 17.4. The molecule has 2 atom stereocenters. The topological polar surface area (TPSA) is 62.7 Å². The van der Waals surface area contributed by atoms with Gasteiger partial charge in [-0.05, 0) is 37.4 Å². The highest BCUT2D eigenvalue weighted by atomic mass is 32.1. The Morgan fingerprint density at radius 2 is 2.13 bits per heavy atom. The van der Waals surface area contributed by atoms with Gasteiger partial charge in [0.05, 0.1) is 5.92 Å². The fraction of sp³-hybridized carbons (Fsp3) is 0.706. The van der Waals surface area contributed by atoms with Crippen molar-refractivity contribution < 1.29 is 4.79 Å². The summed E-state index contributed by atoms with van der Waals surface area (Å²) < 4.78 is 2.57. The van der Waals surface area contributed by atoms with Crippen molar-refractivity contribution in [2.75, 3.05) is 6.54 Å². The van der Waals surface area contributed by atoms with E-state index in [4.69, 9.17) is 12.2 Å². The number of hydrogen-bond donors (Lipinski definition) is 2. The summed E-state index contributed by atoms with van der Waals surface area (Å²) in [5, 5.41) is 10.1. The van der Waals surface area contributed by atoms with E-state index < -0.39 is 0 Å². The highest BCUT2D eigenvalue weighted by Crippen LogP contribution is 2.59. The number of rotatable bonds is 6. The van der Waals surface area contributed by atoms with Gasteiger partial charge in [-0.3, -0.25) is 9.89 Å². The molecule has 2 N–H and O–H groups in total. The Morgan fingerprint density at radius 3 is 2.70 bits per heavy atom. The number of nitrogens with zero attached hydrogens (tertiary/aromatic N) is 2. The molecule has 0 aromatic carbocycles.